The molecule has 0 aliphatic carbocycles. The SMILES string of the molecule is CCOc1ccc(CN2CCN(Cc3cnn(C(C)C)c3)C[C@H]2CCO)cc1. The summed E-state index contributed by atoms with van der Waals surface area (Å²) in [5.41, 5.74) is 2.55. The van der Waals surface area contributed by atoms with Crippen LogP contribution in [0.3, 0.4) is 0 Å². The largest absolute Gasteiger partial charge is 0.494 e. The minimum atomic E-state index is 0.226. The summed E-state index contributed by atoms with van der Waals surface area (Å²) in [6.45, 7) is 12.1. The van der Waals surface area contributed by atoms with Crippen LogP contribution in [0.15, 0.2) is 36.7 Å². The van der Waals surface area contributed by atoms with Crippen LogP contribution >= 0.6 is 0 Å². The van der Waals surface area contributed by atoms with Gasteiger partial charge in [0.15, 0.2) is 0 Å². The molecule has 1 fully saturated rings. The maximum atomic E-state index is 9.56. The second kappa shape index (κ2) is 10.0. The van der Waals surface area contributed by atoms with E-state index in [0.717, 1.165) is 44.9 Å². The first-order valence-electron chi connectivity index (χ1n) is 10.4. The first-order valence-corrected chi connectivity index (χ1v) is 10.4. The van der Waals surface area contributed by atoms with Crippen LogP contribution in [0.4, 0.5) is 0 Å². The van der Waals surface area contributed by atoms with E-state index in [0.29, 0.717) is 18.7 Å². The molecular weight excluding hydrogens is 352 g/mol. The highest BCUT2D eigenvalue weighted by Gasteiger charge is 2.27. The zero-order valence-electron chi connectivity index (χ0n) is 17.4. The summed E-state index contributed by atoms with van der Waals surface area (Å²) in [4.78, 5) is 4.98. The second-order valence-corrected chi connectivity index (χ2v) is 7.87. The number of aromatic nitrogens is 2. The molecule has 0 amide bonds. The van der Waals surface area contributed by atoms with Crippen LogP contribution in [0, 0.1) is 0 Å². The standard InChI is InChI=1S/C22H34N4O2/c1-4-28-22-7-5-19(6-8-22)15-25-11-10-24(17-21(25)9-12-27)14-20-13-23-26(16-20)18(2)3/h5-8,13,16,18,21,27H,4,9-12,14-15,17H2,1-3H3/t21-/m1/s1. The number of nitrogens with zero attached hydrogens (tertiary/aromatic N) is 4. The van der Waals surface area contributed by atoms with Crippen molar-refractivity contribution < 1.29 is 9.84 Å². The van der Waals surface area contributed by atoms with E-state index in [1.165, 1.54) is 11.1 Å². The highest BCUT2D eigenvalue weighted by molar-refractivity contribution is 5.27. The molecule has 1 atom stereocenters. The Morgan fingerprint density at radius 3 is 2.57 bits per heavy atom. The first kappa shape index (κ1) is 20.8. The van der Waals surface area contributed by atoms with E-state index in [9.17, 15) is 5.11 Å². The molecule has 1 aromatic carbocycles. The lowest BCUT2D eigenvalue weighted by Gasteiger charge is -2.41. The molecular formula is C22H34N4O2. The minimum Gasteiger partial charge on any atom is -0.494 e. The van der Waals surface area contributed by atoms with Crippen LogP contribution in [0.2, 0.25) is 0 Å². The summed E-state index contributed by atoms with van der Waals surface area (Å²) < 4.78 is 7.55. The summed E-state index contributed by atoms with van der Waals surface area (Å²) in [6.07, 6.45) is 4.93. The van der Waals surface area contributed by atoms with Crippen molar-refractivity contribution in [1.29, 1.82) is 0 Å². The monoisotopic (exact) mass is 386 g/mol. The van der Waals surface area contributed by atoms with Crippen LogP contribution in [-0.4, -0.2) is 63.6 Å². The average Bonchev–Trinajstić information content (AvgIpc) is 3.15. The third kappa shape index (κ3) is 5.56. The van der Waals surface area contributed by atoms with Crippen molar-refractivity contribution in [3.8, 4) is 5.75 Å². The number of hydrogen-bond acceptors (Lipinski definition) is 5. The molecule has 1 N–H and O–H groups in total. The number of rotatable bonds is 9. The van der Waals surface area contributed by atoms with Gasteiger partial charge in [-0.15, -0.1) is 0 Å². The number of aliphatic hydroxyl groups excluding tert-OH is 1. The Hall–Kier alpha value is -1.89. The van der Waals surface area contributed by atoms with Crippen LogP contribution in [0.1, 0.15) is 44.4 Å². The van der Waals surface area contributed by atoms with Gasteiger partial charge in [0.05, 0.1) is 12.8 Å². The normalized spacial score (nSPS) is 18.7. The van der Waals surface area contributed by atoms with Gasteiger partial charge in [0.2, 0.25) is 0 Å². The Labute approximate surface area is 168 Å². The predicted molar refractivity (Wildman–Crippen MR) is 111 cm³/mol. The Kier molecular flexibility index (Phi) is 7.48. The number of hydrogen-bond donors (Lipinski definition) is 1. The fraction of sp³-hybridized carbons (Fsp3) is 0.591. The fourth-order valence-corrected chi connectivity index (χ4v) is 3.82. The van der Waals surface area contributed by atoms with Crippen LogP contribution in [0.25, 0.3) is 0 Å². The molecule has 154 valence electrons. The summed E-state index contributed by atoms with van der Waals surface area (Å²) in [7, 11) is 0. The topological polar surface area (TPSA) is 53.8 Å². The van der Waals surface area contributed by atoms with Crippen LogP contribution in [0.5, 0.6) is 5.75 Å². The highest BCUT2D eigenvalue weighted by atomic mass is 16.5. The summed E-state index contributed by atoms with van der Waals surface area (Å²) in [5.74, 6) is 0.921. The van der Waals surface area contributed by atoms with Gasteiger partial charge >= 0.3 is 0 Å². The quantitative estimate of drug-likeness (QED) is 0.718. The van der Waals surface area contributed by atoms with Gasteiger partial charge < -0.3 is 9.84 Å². The average molecular weight is 387 g/mol. The molecule has 0 unspecified atom stereocenters. The molecule has 2 aromatic rings. The van der Waals surface area contributed by atoms with E-state index >= 15 is 0 Å². The highest BCUT2D eigenvalue weighted by Crippen LogP contribution is 2.20. The van der Waals surface area contributed by atoms with Gasteiger partial charge in [-0.25, -0.2) is 0 Å². The summed E-state index contributed by atoms with van der Waals surface area (Å²) in [5, 5.41) is 14.0. The zero-order valence-corrected chi connectivity index (χ0v) is 17.4. The molecule has 1 aliphatic heterocycles. The number of aliphatic hydroxyl groups is 1. The molecule has 0 spiro atoms. The third-order valence-electron chi connectivity index (χ3n) is 5.36. The lowest BCUT2D eigenvalue weighted by molar-refractivity contribution is 0.0499. The number of benzene rings is 1. The molecule has 6 nitrogen and oxygen atoms in total. The van der Waals surface area contributed by atoms with E-state index in [1.54, 1.807) is 0 Å². The van der Waals surface area contributed by atoms with Crippen LogP contribution < -0.4 is 4.74 Å². The van der Waals surface area contributed by atoms with Gasteiger partial charge in [-0.2, -0.15) is 5.10 Å². The van der Waals surface area contributed by atoms with Crippen molar-refractivity contribution in [1.82, 2.24) is 19.6 Å². The van der Waals surface area contributed by atoms with Gasteiger partial charge in [-0.05, 0) is 44.9 Å². The lowest BCUT2D eigenvalue weighted by atomic mass is 10.1. The van der Waals surface area contributed by atoms with Crippen molar-refractivity contribution in [3.63, 3.8) is 0 Å². The Bertz CT molecular complexity index is 714. The molecule has 1 aliphatic rings. The Balaban J connectivity index is 1.58. The minimum absolute atomic E-state index is 0.226. The number of ether oxygens (including phenoxy) is 1. The predicted octanol–water partition coefficient (Wildman–Crippen LogP) is 2.93. The summed E-state index contributed by atoms with van der Waals surface area (Å²) >= 11 is 0. The maximum absolute atomic E-state index is 9.56. The van der Waals surface area contributed by atoms with Crippen LogP contribution in [-0.2, 0) is 13.1 Å². The van der Waals surface area contributed by atoms with Crippen molar-refractivity contribution in [2.75, 3.05) is 32.8 Å². The van der Waals surface area contributed by atoms with E-state index in [4.69, 9.17) is 4.74 Å². The van der Waals surface area contributed by atoms with E-state index in [2.05, 4.69) is 47.1 Å². The zero-order chi connectivity index (χ0) is 19.9. The van der Waals surface area contributed by atoms with Crippen molar-refractivity contribution in [3.05, 3.63) is 47.8 Å². The maximum Gasteiger partial charge on any atom is 0.119 e. The van der Waals surface area contributed by atoms with Crippen molar-refractivity contribution in [2.45, 2.75) is 52.4 Å². The molecule has 0 saturated carbocycles. The van der Waals surface area contributed by atoms with Gasteiger partial charge in [0.1, 0.15) is 5.75 Å². The molecule has 1 aromatic heterocycles. The van der Waals surface area contributed by atoms with E-state index < -0.39 is 0 Å². The number of piperazine rings is 1. The molecule has 28 heavy (non-hydrogen) atoms. The van der Waals surface area contributed by atoms with Crippen molar-refractivity contribution >= 4 is 0 Å². The molecule has 2 heterocycles. The molecule has 6 heteroatoms. The molecule has 0 radical (unpaired) electrons. The Morgan fingerprint density at radius 1 is 1.14 bits per heavy atom. The second-order valence-electron chi connectivity index (χ2n) is 7.87. The lowest BCUT2D eigenvalue weighted by Crippen LogP contribution is -2.52. The summed E-state index contributed by atoms with van der Waals surface area (Å²) in [6, 6.07) is 9.14. The van der Waals surface area contributed by atoms with Gasteiger partial charge in [0.25, 0.3) is 0 Å². The third-order valence-corrected chi connectivity index (χ3v) is 5.36. The smallest absolute Gasteiger partial charge is 0.119 e. The van der Waals surface area contributed by atoms with Gasteiger partial charge in [0, 0.05) is 63.2 Å². The molecule has 1 saturated heterocycles. The van der Waals surface area contributed by atoms with Gasteiger partial charge in [-0.3, -0.25) is 14.5 Å². The first-order chi connectivity index (χ1) is 13.6. The van der Waals surface area contributed by atoms with E-state index in [1.807, 2.05) is 29.9 Å². The molecule has 0 bridgehead atoms. The van der Waals surface area contributed by atoms with Crippen molar-refractivity contribution in [2.24, 2.45) is 0 Å². The molecule has 3 rings (SSSR count). The fourth-order valence-electron chi connectivity index (χ4n) is 3.82. The van der Waals surface area contributed by atoms with Gasteiger partial charge in [-0.1, -0.05) is 12.1 Å². The Morgan fingerprint density at radius 2 is 1.93 bits per heavy atom. The van der Waals surface area contributed by atoms with E-state index in [-0.39, 0.29) is 6.61 Å².